The van der Waals surface area contributed by atoms with Gasteiger partial charge < -0.3 is 15.4 Å². The van der Waals surface area contributed by atoms with E-state index in [4.69, 9.17) is 10.5 Å². The molecule has 4 nitrogen and oxygen atoms in total. The van der Waals surface area contributed by atoms with Crippen LogP contribution in [0.25, 0.3) is 0 Å². The quantitative estimate of drug-likeness (QED) is 0.682. The highest BCUT2D eigenvalue weighted by molar-refractivity contribution is 5.81. The monoisotopic (exact) mass is 230 g/mol. The van der Waals surface area contributed by atoms with Crippen LogP contribution in [-0.2, 0) is 9.53 Å². The summed E-state index contributed by atoms with van der Waals surface area (Å²) < 4.78 is 5.08. The second-order valence-electron chi connectivity index (χ2n) is 4.02. The van der Waals surface area contributed by atoms with Gasteiger partial charge in [-0.25, -0.2) is 0 Å². The molecule has 0 bridgehead atoms. The summed E-state index contributed by atoms with van der Waals surface area (Å²) in [5.74, 6) is 0.582. The third-order valence-corrected chi connectivity index (χ3v) is 3.10. The molecule has 0 aliphatic carbocycles. The number of hydrogen-bond acceptors (Lipinski definition) is 3. The predicted octanol–water partition coefficient (Wildman–Crippen LogP) is 1.24. The summed E-state index contributed by atoms with van der Waals surface area (Å²) in [6.45, 7) is 8.07. The molecule has 0 aliphatic heterocycles. The zero-order valence-electron chi connectivity index (χ0n) is 11.0. The maximum Gasteiger partial charge on any atom is 0.253 e. The van der Waals surface area contributed by atoms with Crippen molar-refractivity contribution in [1.29, 1.82) is 0 Å². The van der Waals surface area contributed by atoms with Crippen LogP contribution in [0.1, 0.15) is 33.6 Å². The Kier molecular flexibility index (Phi) is 8.21. The van der Waals surface area contributed by atoms with E-state index in [-0.39, 0.29) is 12.5 Å². The molecule has 1 amide bonds. The lowest BCUT2D eigenvalue weighted by Gasteiger charge is -2.28. The first kappa shape index (κ1) is 15.4. The van der Waals surface area contributed by atoms with Crippen LogP contribution in [-0.4, -0.2) is 43.7 Å². The lowest BCUT2D eigenvalue weighted by atomic mass is 10.0. The number of rotatable bonds is 8. The van der Waals surface area contributed by atoms with Crippen molar-refractivity contribution in [2.75, 3.05) is 26.7 Å². The maximum atomic E-state index is 12.0. The number of nitrogens with zero attached hydrogens (tertiary/aromatic N) is 1. The fourth-order valence-corrected chi connectivity index (χ4v) is 1.73. The van der Waals surface area contributed by atoms with Crippen molar-refractivity contribution in [1.82, 2.24) is 4.90 Å². The summed E-state index contributed by atoms with van der Waals surface area (Å²) in [7, 11) is 1.53. The fraction of sp³-hybridized carbons (Fsp3) is 0.917. The van der Waals surface area contributed by atoms with Gasteiger partial charge in [-0.05, 0) is 12.8 Å². The third kappa shape index (κ3) is 4.49. The molecule has 0 aromatic rings. The summed E-state index contributed by atoms with van der Waals surface area (Å²) in [6, 6.07) is 0. The van der Waals surface area contributed by atoms with E-state index in [0.717, 1.165) is 25.9 Å². The van der Waals surface area contributed by atoms with E-state index >= 15 is 0 Å². The van der Waals surface area contributed by atoms with Crippen LogP contribution in [0.3, 0.4) is 0 Å². The highest BCUT2D eigenvalue weighted by Crippen LogP contribution is 2.11. The molecule has 96 valence electrons. The Morgan fingerprint density at radius 2 is 1.88 bits per heavy atom. The van der Waals surface area contributed by atoms with Gasteiger partial charge in [-0.3, -0.25) is 4.79 Å². The van der Waals surface area contributed by atoms with E-state index < -0.39 is 6.10 Å². The normalized spacial score (nSPS) is 12.9. The fourth-order valence-electron chi connectivity index (χ4n) is 1.73. The number of carbonyl (C=O) groups is 1. The van der Waals surface area contributed by atoms with Crippen LogP contribution < -0.4 is 5.73 Å². The molecule has 0 saturated heterocycles. The molecular weight excluding hydrogens is 204 g/mol. The Balaban J connectivity index is 4.41. The first-order chi connectivity index (χ1) is 7.64. The lowest BCUT2D eigenvalue weighted by Crippen LogP contribution is -2.45. The van der Waals surface area contributed by atoms with Gasteiger partial charge in [-0.1, -0.05) is 26.7 Å². The molecular formula is C12H26N2O2. The minimum Gasteiger partial charge on any atom is -0.370 e. The summed E-state index contributed by atoms with van der Waals surface area (Å²) in [5, 5.41) is 0. The van der Waals surface area contributed by atoms with Crippen molar-refractivity contribution in [2.45, 2.75) is 39.7 Å². The highest BCUT2D eigenvalue weighted by Gasteiger charge is 2.23. The zero-order valence-corrected chi connectivity index (χ0v) is 11.0. The molecule has 0 aromatic carbocycles. The molecule has 0 aromatic heterocycles. The van der Waals surface area contributed by atoms with Gasteiger partial charge >= 0.3 is 0 Å². The van der Waals surface area contributed by atoms with E-state index in [1.54, 1.807) is 0 Å². The van der Waals surface area contributed by atoms with Gasteiger partial charge in [0.05, 0.1) is 0 Å². The Morgan fingerprint density at radius 1 is 1.31 bits per heavy atom. The zero-order chi connectivity index (χ0) is 12.6. The molecule has 0 spiro atoms. The molecule has 0 fully saturated rings. The van der Waals surface area contributed by atoms with E-state index in [1.165, 1.54) is 7.11 Å². The number of hydrogen-bond donors (Lipinski definition) is 1. The van der Waals surface area contributed by atoms with E-state index in [2.05, 4.69) is 13.8 Å². The average Bonchev–Trinajstić information content (AvgIpc) is 2.32. The maximum absolute atomic E-state index is 12.0. The molecule has 0 aliphatic rings. The van der Waals surface area contributed by atoms with Gasteiger partial charge in [-0.2, -0.15) is 0 Å². The number of ether oxygens (including phenoxy) is 1. The van der Waals surface area contributed by atoms with Gasteiger partial charge in [0, 0.05) is 26.7 Å². The van der Waals surface area contributed by atoms with Crippen molar-refractivity contribution in [2.24, 2.45) is 11.7 Å². The van der Waals surface area contributed by atoms with Gasteiger partial charge in [0.2, 0.25) is 0 Å². The van der Waals surface area contributed by atoms with Gasteiger partial charge in [0.15, 0.2) is 0 Å². The lowest BCUT2D eigenvalue weighted by molar-refractivity contribution is -0.141. The SMILES string of the molecule is CCC(CC)CN(CC)C(=O)C(CN)OC. The van der Waals surface area contributed by atoms with Gasteiger partial charge in [0.1, 0.15) is 6.10 Å². The Hall–Kier alpha value is -0.610. The smallest absolute Gasteiger partial charge is 0.253 e. The van der Waals surface area contributed by atoms with Crippen molar-refractivity contribution in [3.8, 4) is 0 Å². The Labute approximate surface area is 99.1 Å². The predicted molar refractivity (Wildman–Crippen MR) is 66.2 cm³/mol. The van der Waals surface area contributed by atoms with Gasteiger partial charge in [-0.15, -0.1) is 0 Å². The number of nitrogens with two attached hydrogens (primary N) is 1. The van der Waals surface area contributed by atoms with E-state index in [0.29, 0.717) is 5.92 Å². The number of likely N-dealkylation sites (N-methyl/N-ethyl adjacent to an activating group) is 1. The molecule has 16 heavy (non-hydrogen) atoms. The molecule has 1 unspecified atom stereocenters. The molecule has 2 N–H and O–H groups in total. The number of carbonyl (C=O) groups excluding carboxylic acids is 1. The molecule has 1 atom stereocenters. The van der Waals surface area contributed by atoms with Gasteiger partial charge in [0.25, 0.3) is 5.91 Å². The largest absolute Gasteiger partial charge is 0.370 e. The highest BCUT2D eigenvalue weighted by atomic mass is 16.5. The summed E-state index contributed by atoms with van der Waals surface area (Å²) >= 11 is 0. The van der Waals surface area contributed by atoms with E-state index in [1.807, 2.05) is 11.8 Å². The van der Waals surface area contributed by atoms with Crippen LogP contribution in [0, 0.1) is 5.92 Å². The number of amides is 1. The molecule has 0 heterocycles. The van der Waals surface area contributed by atoms with Crippen molar-refractivity contribution in [3.05, 3.63) is 0 Å². The van der Waals surface area contributed by atoms with Crippen LogP contribution in [0.2, 0.25) is 0 Å². The summed E-state index contributed by atoms with van der Waals surface area (Å²) in [5.41, 5.74) is 5.50. The first-order valence-corrected chi connectivity index (χ1v) is 6.16. The standard InChI is InChI=1S/C12H26N2O2/c1-5-10(6-2)9-14(7-3)12(15)11(8-13)16-4/h10-11H,5-9,13H2,1-4H3. The molecule has 0 saturated carbocycles. The van der Waals surface area contributed by atoms with Crippen molar-refractivity contribution >= 4 is 5.91 Å². The van der Waals surface area contributed by atoms with E-state index in [9.17, 15) is 4.79 Å². The second kappa shape index (κ2) is 8.53. The summed E-state index contributed by atoms with van der Waals surface area (Å²) in [4.78, 5) is 13.9. The second-order valence-corrected chi connectivity index (χ2v) is 4.02. The van der Waals surface area contributed by atoms with Crippen molar-refractivity contribution < 1.29 is 9.53 Å². The Morgan fingerprint density at radius 3 is 2.19 bits per heavy atom. The van der Waals surface area contributed by atoms with Crippen LogP contribution >= 0.6 is 0 Å². The minimum atomic E-state index is -0.491. The third-order valence-electron chi connectivity index (χ3n) is 3.10. The van der Waals surface area contributed by atoms with Crippen LogP contribution in [0.4, 0.5) is 0 Å². The summed E-state index contributed by atoms with van der Waals surface area (Å²) in [6.07, 6.45) is 1.70. The molecule has 0 radical (unpaired) electrons. The van der Waals surface area contributed by atoms with Crippen LogP contribution in [0.15, 0.2) is 0 Å². The van der Waals surface area contributed by atoms with Crippen LogP contribution in [0.5, 0.6) is 0 Å². The molecule has 4 heteroatoms. The molecule has 0 rings (SSSR count). The first-order valence-electron chi connectivity index (χ1n) is 6.16. The minimum absolute atomic E-state index is 0.0133. The average molecular weight is 230 g/mol. The van der Waals surface area contributed by atoms with Crippen molar-refractivity contribution in [3.63, 3.8) is 0 Å². The topological polar surface area (TPSA) is 55.6 Å². The number of methoxy groups -OCH3 is 1. The Bertz CT molecular complexity index is 189.